The smallest absolute Gasteiger partial charge is 0.326 e. The summed E-state index contributed by atoms with van der Waals surface area (Å²) >= 11 is 0. The van der Waals surface area contributed by atoms with E-state index in [0.29, 0.717) is 17.1 Å². The molecule has 1 rings (SSSR count). The maximum Gasteiger partial charge on any atom is 0.326 e. The van der Waals surface area contributed by atoms with Crippen molar-refractivity contribution in [2.75, 3.05) is 0 Å². The van der Waals surface area contributed by atoms with E-state index in [1.165, 1.54) is 0 Å². The van der Waals surface area contributed by atoms with Crippen LogP contribution in [0.3, 0.4) is 0 Å². The molecule has 1 amide bonds. The second-order valence-corrected chi connectivity index (χ2v) is 4.75. The zero-order chi connectivity index (χ0) is 14.0. The molecule has 0 aliphatic heterocycles. The predicted octanol–water partition coefficient (Wildman–Crippen LogP) is 2.04. The SMILES string of the molecule is Cc1oc(C)c(C(=O)NC(C(=O)O)C(C)C)c1C. The van der Waals surface area contributed by atoms with Crippen LogP contribution in [-0.2, 0) is 4.79 Å². The topological polar surface area (TPSA) is 79.5 Å². The number of carbonyl (C=O) groups excluding carboxylic acids is 1. The summed E-state index contributed by atoms with van der Waals surface area (Å²) in [6, 6.07) is -0.897. The molecule has 18 heavy (non-hydrogen) atoms. The number of carboxylic acid groups (broad SMARTS) is 1. The van der Waals surface area contributed by atoms with Crippen LogP contribution in [0.25, 0.3) is 0 Å². The Kier molecular flexibility index (Phi) is 4.16. The lowest BCUT2D eigenvalue weighted by atomic mass is 10.0. The second kappa shape index (κ2) is 5.25. The first kappa shape index (κ1) is 14.3. The molecule has 2 N–H and O–H groups in total. The largest absolute Gasteiger partial charge is 0.480 e. The van der Waals surface area contributed by atoms with Gasteiger partial charge in [0.25, 0.3) is 5.91 Å². The Bertz CT molecular complexity index is 474. The number of nitrogens with one attached hydrogen (secondary N) is 1. The minimum Gasteiger partial charge on any atom is -0.480 e. The molecule has 0 fully saturated rings. The third-order valence-electron chi connectivity index (χ3n) is 3.01. The molecule has 1 aromatic heterocycles. The number of aryl methyl sites for hydroxylation is 2. The maximum absolute atomic E-state index is 12.1. The van der Waals surface area contributed by atoms with E-state index < -0.39 is 17.9 Å². The molecular formula is C13H19NO4. The zero-order valence-electron chi connectivity index (χ0n) is 11.3. The zero-order valence-corrected chi connectivity index (χ0v) is 11.3. The Balaban J connectivity index is 2.98. The summed E-state index contributed by atoms with van der Waals surface area (Å²) in [5.74, 6) is -0.429. The van der Waals surface area contributed by atoms with Gasteiger partial charge in [0.2, 0.25) is 0 Å². The molecule has 0 aliphatic carbocycles. The molecular weight excluding hydrogens is 234 g/mol. The van der Waals surface area contributed by atoms with Crippen LogP contribution < -0.4 is 5.32 Å². The van der Waals surface area contributed by atoms with E-state index in [2.05, 4.69) is 5.32 Å². The molecule has 0 spiro atoms. The highest BCUT2D eigenvalue weighted by Crippen LogP contribution is 2.20. The lowest BCUT2D eigenvalue weighted by Crippen LogP contribution is -2.44. The van der Waals surface area contributed by atoms with Crippen molar-refractivity contribution in [3.63, 3.8) is 0 Å². The molecule has 0 saturated heterocycles. The molecule has 1 aromatic rings. The number of rotatable bonds is 4. The fourth-order valence-corrected chi connectivity index (χ4v) is 1.85. The maximum atomic E-state index is 12.1. The van der Waals surface area contributed by atoms with Gasteiger partial charge in [-0.2, -0.15) is 0 Å². The first-order valence-corrected chi connectivity index (χ1v) is 5.86. The number of furan rings is 1. The Morgan fingerprint density at radius 1 is 1.17 bits per heavy atom. The second-order valence-electron chi connectivity index (χ2n) is 4.75. The fraction of sp³-hybridized carbons (Fsp3) is 0.538. The number of hydrogen-bond acceptors (Lipinski definition) is 3. The van der Waals surface area contributed by atoms with Crippen molar-refractivity contribution >= 4 is 11.9 Å². The molecule has 5 heteroatoms. The highest BCUT2D eigenvalue weighted by atomic mass is 16.4. The third-order valence-corrected chi connectivity index (χ3v) is 3.01. The Hall–Kier alpha value is -1.78. The van der Waals surface area contributed by atoms with E-state index in [0.717, 1.165) is 5.56 Å². The lowest BCUT2D eigenvalue weighted by Gasteiger charge is -2.17. The molecule has 5 nitrogen and oxygen atoms in total. The summed E-state index contributed by atoms with van der Waals surface area (Å²) < 4.78 is 5.36. The third kappa shape index (κ3) is 2.72. The first-order chi connectivity index (χ1) is 8.25. The van der Waals surface area contributed by atoms with E-state index >= 15 is 0 Å². The highest BCUT2D eigenvalue weighted by Gasteiger charge is 2.26. The Labute approximate surface area is 106 Å². The van der Waals surface area contributed by atoms with Gasteiger partial charge < -0.3 is 14.8 Å². The van der Waals surface area contributed by atoms with Gasteiger partial charge in [-0.1, -0.05) is 13.8 Å². The van der Waals surface area contributed by atoms with Crippen molar-refractivity contribution in [3.05, 3.63) is 22.6 Å². The summed E-state index contributed by atoms with van der Waals surface area (Å²) in [5.41, 5.74) is 1.18. The Morgan fingerprint density at radius 2 is 1.72 bits per heavy atom. The van der Waals surface area contributed by atoms with E-state index in [4.69, 9.17) is 9.52 Å². The minimum atomic E-state index is -1.03. The van der Waals surface area contributed by atoms with Gasteiger partial charge in [-0.05, 0) is 26.7 Å². The minimum absolute atomic E-state index is 0.180. The monoisotopic (exact) mass is 253 g/mol. The van der Waals surface area contributed by atoms with Gasteiger partial charge in [0.1, 0.15) is 17.6 Å². The molecule has 1 atom stereocenters. The molecule has 0 bridgehead atoms. The summed E-state index contributed by atoms with van der Waals surface area (Å²) in [7, 11) is 0. The average Bonchev–Trinajstić information content (AvgIpc) is 2.48. The Morgan fingerprint density at radius 3 is 2.06 bits per heavy atom. The fourth-order valence-electron chi connectivity index (χ4n) is 1.85. The van der Waals surface area contributed by atoms with Gasteiger partial charge in [-0.3, -0.25) is 4.79 Å². The van der Waals surface area contributed by atoms with Gasteiger partial charge in [-0.15, -0.1) is 0 Å². The summed E-state index contributed by atoms with van der Waals surface area (Å²) in [4.78, 5) is 23.1. The lowest BCUT2D eigenvalue weighted by molar-refractivity contribution is -0.140. The number of hydrogen-bond donors (Lipinski definition) is 2. The van der Waals surface area contributed by atoms with Crippen LogP contribution in [-0.4, -0.2) is 23.0 Å². The van der Waals surface area contributed by atoms with Crippen LogP contribution in [0.15, 0.2) is 4.42 Å². The van der Waals surface area contributed by atoms with Crippen molar-refractivity contribution in [1.82, 2.24) is 5.32 Å². The molecule has 100 valence electrons. The standard InChI is InChI=1S/C13H19NO4/c1-6(2)11(13(16)17)14-12(15)10-7(3)8(4)18-9(10)5/h6,11H,1-5H3,(H,14,15)(H,16,17). The summed E-state index contributed by atoms with van der Waals surface area (Å²) in [5, 5.41) is 11.6. The normalized spacial score (nSPS) is 12.6. The van der Waals surface area contributed by atoms with Gasteiger partial charge in [0.05, 0.1) is 5.56 Å². The molecule has 0 saturated carbocycles. The molecule has 0 aromatic carbocycles. The van der Waals surface area contributed by atoms with Crippen LogP contribution in [0.1, 0.15) is 41.3 Å². The van der Waals surface area contributed by atoms with Crippen LogP contribution >= 0.6 is 0 Å². The van der Waals surface area contributed by atoms with E-state index in [1.54, 1.807) is 34.6 Å². The predicted molar refractivity (Wildman–Crippen MR) is 66.6 cm³/mol. The van der Waals surface area contributed by atoms with Crippen molar-refractivity contribution in [1.29, 1.82) is 0 Å². The van der Waals surface area contributed by atoms with Crippen LogP contribution in [0, 0.1) is 26.7 Å². The average molecular weight is 253 g/mol. The highest BCUT2D eigenvalue weighted by molar-refractivity contribution is 5.98. The van der Waals surface area contributed by atoms with Crippen LogP contribution in [0.4, 0.5) is 0 Å². The first-order valence-electron chi connectivity index (χ1n) is 5.86. The number of carboxylic acids is 1. The molecule has 0 aliphatic rings. The van der Waals surface area contributed by atoms with Crippen molar-refractivity contribution in [2.24, 2.45) is 5.92 Å². The summed E-state index contributed by atoms with van der Waals surface area (Å²) in [6.45, 7) is 8.75. The molecule has 0 radical (unpaired) electrons. The van der Waals surface area contributed by atoms with Gasteiger partial charge in [-0.25, -0.2) is 4.79 Å². The van der Waals surface area contributed by atoms with E-state index in [1.807, 2.05) is 0 Å². The molecule has 1 unspecified atom stereocenters. The quantitative estimate of drug-likeness (QED) is 0.860. The van der Waals surface area contributed by atoms with Gasteiger partial charge in [0.15, 0.2) is 0 Å². The van der Waals surface area contributed by atoms with E-state index in [-0.39, 0.29) is 5.92 Å². The van der Waals surface area contributed by atoms with E-state index in [9.17, 15) is 9.59 Å². The van der Waals surface area contributed by atoms with Crippen molar-refractivity contribution in [3.8, 4) is 0 Å². The summed E-state index contributed by atoms with van der Waals surface area (Å²) in [6.07, 6.45) is 0. The van der Waals surface area contributed by atoms with Crippen LogP contribution in [0.2, 0.25) is 0 Å². The number of carbonyl (C=O) groups is 2. The number of aliphatic carboxylic acids is 1. The van der Waals surface area contributed by atoms with Gasteiger partial charge >= 0.3 is 5.97 Å². The van der Waals surface area contributed by atoms with Crippen molar-refractivity contribution < 1.29 is 19.1 Å². The van der Waals surface area contributed by atoms with Crippen molar-refractivity contribution in [2.45, 2.75) is 40.7 Å². The van der Waals surface area contributed by atoms with Gasteiger partial charge in [0, 0.05) is 5.56 Å². The molecule has 1 heterocycles. The number of amides is 1. The van der Waals surface area contributed by atoms with Crippen LogP contribution in [0.5, 0.6) is 0 Å².